The molecule has 0 radical (unpaired) electrons. The molecule has 0 aromatic heterocycles. The standard InChI is InChI=1S/C16H17NO3/c1-11(13-6-4-5-7-15(13)18)17-14-9-8-12(19-2)10-16(14)20-3/h4-10,18H,1-3H3. The van der Waals surface area contributed by atoms with Crippen molar-refractivity contribution in [3.05, 3.63) is 48.0 Å². The molecule has 104 valence electrons. The summed E-state index contributed by atoms with van der Waals surface area (Å²) in [5.74, 6) is 1.54. The summed E-state index contributed by atoms with van der Waals surface area (Å²) in [5, 5.41) is 9.84. The van der Waals surface area contributed by atoms with Crippen molar-refractivity contribution in [3.63, 3.8) is 0 Å². The molecule has 4 heteroatoms. The number of phenolic OH excluding ortho intramolecular Hbond substituents is 1. The van der Waals surface area contributed by atoms with Gasteiger partial charge in [0.1, 0.15) is 22.9 Å². The van der Waals surface area contributed by atoms with Gasteiger partial charge in [-0.2, -0.15) is 0 Å². The average molecular weight is 271 g/mol. The first kappa shape index (κ1) is 13.9. The Bertz CT molecular complexity index is 635. The molecule has 0 spiro atoms. The quantitative estimate of drug-likeness (QED) is 0.865. The molecule has 0 fully saturated rings. The van der Waals surface area contributed by atoms with Crippen LogP contribution in [0.5, 0.6) is 17.2 Å². The summed E-state index contributed by atoms with van der Waals surface area (Å²) in [6.07, 6.45) is 0. The van der Waals surface area contributed by atoms with Gasteiger partial charge < -0.3 is 14.6 Å². The zero-order valence-corrected chi connectivity index (χ0v) is 11.8. The molecule has 0 amide bonds. The van der Waals surface area contributed by atoms with Gasteiger partial charge in [-0.15, -0.1) is 0 Å². The van der Waals surface area contributed by atoms with Crippen LogP contribution in [0, 0.1) is 0 Å². The number of ether oxygens (including phenoxy) is 2. The number of methoxy groups -OCH3 is 2. The van der Waals surface area contributed by atoms with E-state index in [0.717, 1.165) is 0 Å². The lowest BCUT2D eigenvalue weighted by Gasteiger charge is -2.09. The minimum atomic E-state index is 0.209. The van der Waals surface area contributed by atoms with Gasteiger partial charge in [-0.05, 0) is 31.2 Å². The Morgan fingerprint density at radius 2 is 1.80 bits per heavy atom. The molecule has 0 unspecified atom stereocenters. The van der Waals surface area contributed by atoms with Crippen LogP contribution in [-0.4, -0.2) is 25.0 Å². The van der Waals surface area contributed by atoms with E-state index >= 15 is 0 Å². The van der Waals surface area contributed by atoms with Crippen LogP contribution >= 0.6 is 0 Å². The highest BCUT2D eigenvalue weighted by molar-refractivity contribution is 6.02. The molecule has 0 aliphatic rings. The smallest absolute Gasteiger partial charge is 0.148 e. The van der Waals surface area contributed by atoms with Crippen LogP contribution in [-0.2, 0) is 0 Å². The van der Waals surface area contributed by atoms with E-state index in [-0.39, 0.29) is 5.75 Å². The SMILES string of the molecule is COc1ccc(N=C(C)c2ccccc2O)c(OC)c1. The Morgan fingerprint density at radius 3 is 2.45 bits per heavy atom. The van der Waals surface area contributed by atoms with Crippen molar-refractivity contribution < 1.29 is 14.6 Å². The zero-order valence-electron chi connectivity index (χ0n) is 11.8. The Kier molecular flexibility index (Phi) is 4.25. The second-order valence-electron chi connectivity index (χ2n) is 4.25. The fourth-order valence-corrected chi connectivity index (χ4v) is 1.90. The summed E-state index contributed by atoms with van der Waals surface area (Å²) in [6.45, 7) is 1.85. The van der Waals surface area contributed by atoms with Crippen LogP contribution in [0.3, 0.4) is 0 Å². The van der Waals surface area contributed by atoms with Crippen LogP contribution in [0.2, 0.25) is 0 Å². The van der Waals surface area contributed by atoms with E-state index in [0.29, 0.717) is 28.5 Å². The van der Waals surface area contributed by atoms with Crippen molar-refractivity contribution in [2.45, 2.75) is 6.92 Å². The third kappa shape index (κ3) is 2.91. The Labute approximate surface area is 118 Å². The Hall–Kier alpha value is -2.49. The predicted molar refractivity (Wildman–Crippen MR) is 79.5 cm³/mol. The van der Waals surface area contributed by atoms with Gasteiger partial charge in [0.05, 0.1) is 14.2 Å². The van der Waals surface area contributed by atoms with Gasteiger partial charge in [-0.3, -0.25) is 0 Å². The van der Waals surface area contributed by atoms with Gasteiger partial charge in [-0.25, -0.2) is 4.99 Å². The first-order valence-corrected chi connectivity index (χ1v) is 6.21. The molecule has 0 atom stereocenters. The summed E-state index contributed by atoms with van der Waals surface area (Å²) in [4.78, 5) is 4.51. The van der Waals surface area contributed by atoms with Gasteiger partial charge in [0.2, 0.25) is 0 Å². The van der Waals surface area contributed by atoms with E-state index in [4.69, 9.17) is 9.47 Å². The van der Waals surface area contributed by atoms with Crippen LogP contribution in [0.25, 0.3) is 0 Å². The molecular formula is C16H17NO3. The van der Waals surface area contributed by atoms with E-state index in [9.17, 15) is 5.11 Å². The number of nitrogens with zero attached hydrogens (tertiary/aromatic N) is 1. The van der Waals surface area contributed by atoms with Crippen LogP contribution in [0.15, 0.2) is 47.5 Å². The highest BCUT2D eigenvalue weighted by atomic mass is 16.5. The third-order valence-corrected chi connectivity index (χ3v) is 2.97. The molecule has 0 saturated carbocycles. The van der Waals surface area contributed by atoms with Crippen molar-refractivity contribution in [1.82, 2.24) is 0 Å². The summed E-state index contributed by atoms with van der Waals surface area (Å²) >= 11 is 0. The maximum absolute atomic E-state index is 9.84. The molecule has 2 aromatic carbocycles. The minimum absolute atomic E-state index is 0.209. The molecule has 0 saturated heterocycles. The zero-order chi connectivity index (χ0) is 14.5. The van der Waals surface area contributed by atoms with E-state index in [1.54, 1.807) is 32.4 Å². The monoisotopic (exact) mass is 271 g/mol. The summed E-state index contributed by atoms with van der Waals surface area (Å²) < 4.78 is 10.5. The van der Waals surface area contributed by atoms with Crippen molar-refractivity contribution in [2.24, 2.45) is 4.99 Å². The number of phenols is 1. The molecule has 0 heterocycles. The summed E-state index contributed by atoms with van der Waals surface area (Å²) in [7, 11) is 3.19. The fraction of sp³-hybridized carbons (Fsp3) is 0.188. The first-order chi connectivity index (χ1) is 9.65. The summed E-state index contributed by atoms with van der Waals surface area (Å²) in [6, 6.07) is 12.5. The van der Waals surface area contributed by atoms with Crippen LogP contribution in [0.4, 0.5) is 5.69 Å². The van der Waals surface area contributed by atoms with Crippen molar-refractivity contribution >= 4 is 11.4 Å². The van der Waals surface area contributed by atoms with Crippen molar-refractivity contribution in [2.75, 3.05) is 14.2 Å². The maximum atomic E-state index is 9.84. The molecule has 2 aromatic rings. The first-order valence-electron chi connectivity index (χ1n) is 6.21. The van der Waals surface area contributed by atoms with E-state index in [2.05, 4.69) is 4.99 Å². The molecular weight excluding hydrogens is 254 g/mol. The topological polar surface area (TPSA) is 51.0 Å². The Balaban J connectivity index is 2.42. The summed E-state index contributed by atoms with van der Waals surface area (Å²) in [5.41, 5.74) is 2.10. The van der Waals surface area contributed by atoms with Crippen molar-refractivity contribution in [1.29, 1.82) is 0 Å². The number of hydrogen-bond donors (Lipinski definition) is 1. The lowest BCUT2D eigenvalue weighted by Crippen LogP contribution is -1.95. The molecule has 20 heavy (non-hydrogen) atoms. The third-order valence-electron chi connectivity index (χ3n) is 2.97. The van der Waals surface area contributed by atoms with Gasteiger partial charge in [0.25, 0.3) is 0 Å². The molecule has 1 N–H and O–H groups in total. The molecule has 0 aliphatic heterocycles. The van der Waals surface area contributed by atoms with Crippen LogP contribution < -0.4 is 9.47 Å². The normalized spacial score (nSPS) is 11.2. The number of aliphatic imine (C=N–C) groups is 1. The molecule has 0 bridgehead atoms. The van der Waals surface area contributed by atoms with Gasteiger partial charge >= 0.3 is 0 Å². The van der Waals surface area contributed by atoms with E-state index < -0.39 is 0 Å². The number of rotatable bonds is 4. The molecule has 0 aliphatic carbocycles. The maximum Gasteiger partial charge on any atom is 0.148 e. The lowest BCUT2D eigenvalue weighted by atomic mass is 10.1. The molecule has 2 rings (SSSR count). The predicted octanol–water partition coefficient (Wildman–Crippen LogP) is 3.55. The minimum Gasteiger partial charge on any atom is -0.507 e. The van der Waals surface area contributed by atoms with Crippen LogP contribution in [0.1, 0.15) is 12.5 Å². The van der Waals surface area contributed by atoms with E-state index in [1.165, 1.54) is 0 Å². The highest BCUT2D eigenvalue weighted by Crippen LogP contribution is 2.32. The fourth-order valence-electron chi connectivity index (χ4n) is 1.90. The average Bonchev–Trinajstić information content (AvgIpc) is 2.48. The largest absolute Gasteiger partial charge is 0.507 e. The lowest BCUT2D eigenvalue weighted by molar-refractivity contribution is 0.395. The number of aromatic hydroxyl groups is 1. The second-order valence-corrected chi connectivity index (χ2v) is 4.25. The molecule has 4 nitrogen and oxygen atoms in total. The van der Waals surface area contributed by atoms with E-state index in [1.807, 2.05) is 31.2 Å². The number of benzene rings is 2. The van der Waals surface area contributed by atoms with Gasteiger partial charge in [0, 0.05) is 17.3 Å². The van der Waals surface area contributed by atoms with Gasteiger partial charge in [0.15, 0.2) is 0 Å². The second kappa shape index (κ2) is 6.10. The number of hydrogen-bond acceptors (Lipinski definition) is 4. The van der Waals surface area contributed by atoms with Gasteiger partial charge in [-0.1, -0.05) is 12.1 Å². The highest BCUT2D eigenvalue weighted by Gasteiger charge is 2.07. The number of para-hydroxylation sites is 1. The Morgan fingerprint density at radius 1 is 1.05 bits per heavy atom. The van der Waals surface area contributed by atoms with Crippen molar-refractivity contribution in [3.8, 4) is 17.2 Å².